The number of nitrogens with zero attached hydrogens (tertiary/aromatic N) is 1. The minimum atomic E-state index is 0. The largest absolute Gasteiger partial charge is 0.356 e. The first kappa shape index (κ1) is 19.3. The van der Waals surface area contributed by atoms with Gasteiger partial charge in [0.1, 0.15) is 0 Å². The lowest BCUT2D eigenvalue weighted by Gasteiger charge is -2.16. The number of nitrogens with one attached hydrogen (secondary N) is 2. The number of aliphatic imine (C=N–C) groups is 1. The number of hydrogen-bond donors (Lipinski definition) is 2. The Morgan fingerprint density at radius 3 is 2.29 bits per heavy atom. The molecule has 0 aromatic heterocycles. The molecular formula is C13H30IN3. The second kappa shape index (κ2) is 12.5. The van der Waals surface area contributed by atoms with Crippen molar-refractivity contribution in [1.82, 2.24) is 10.6 Å². The van der Waals surface area contributed by atoms with Crippen LogP contribution in [0.25, 0.3) is 0 Å². The zero-order valence-corrected chi connectivity index (χ0v) is 14.4. The van der Waals surface area contributed by atoms with Crippen LogP contribution in [-0.2, 0) is 0 Å². The van der Waals surface area contributed by atoms with Crippen LogP contribution in [0, 0.1) is 5.92 Å². The molecule has 0 fully saturated rings. The van der Waals surface area contributed by atoms with E-state index in [0.717, 1.165) is 24.8 Å². The molecule has 4 heteroatoms. The topological polar surface area (TPSA) is 36.4 Å². The van der Waals surface area contributed by atoms with Gasteiger partial charge in [-0.3, -0.25) is 4.99 Å². The van der Waals surface area contributed by atoms with Gasteiger partial charge in [0.25, 0.3) is 0 Å². The maximum Gasteiger partial charge on any atom is 0.191 e. The molecule has 0 radical (unpaired) electrons. The van der Waals surface area contributed by atoms with Crippen LogP contribution >= 0.6 is 24.0 Å². The average molecular weight is 355 g/mol. The molecule has 0 saturated heterocycles. The lowest BCUT2D eigenvalue weighted by atomic mass is 10.1. The summed E-state index contributed by atoms with van der Waals surface area (Å²) in [5, 5.41) is 6.70. The summed E-state index contributed by atoms with van der Waals surface area (Å²) in [6.07, 6.45) is 4.96. The molecule has 0 aromatic carbocycles. The zero-order chi connectivity index (χ0) is 12.4. The maximum atomic E-state index is 4.20. The van der Waals surface area contributed by atoms with Crippen LogP contribution in [0.5, 0.6) is 0 Å². The molecule has 0 heterocycles. The van der Waals surface area contributed by atoms with Crippen molar-refractivity contribution in [3.63, 3.8) is 0 Å². The third-order valence-corrected chi connectivity index (χ3v) is 2.72. The quantitative estimate of drug-likeness (QED) is 0.318. The van der Waals surface area contributed by atoms with E-state index in [1.807, 2.05) is 7.05 Å². The molecule has 104 valence electrons. The van der Waals surface area contributed by atoms with Crippen molar-refractivity contribution in [2.24, 2.45) is 10.9 Å². The molecule has 1 unspecified atom stereocenters. The van der Waals surface area contributed by atoms with Crippen molar-refractivity contribution in [3.05, 3.63) is 0 Å². The smallest absolute Gasteiger partial charge is 0.191 e. The highest BCUT2D eigenvalue weighted by molar-refractivity contribution is 14.0. The van der Waals surface area contributed by atoms with Crippen LogP contribution in [0.1, 0.15) is 53.4 Å². The van der Waals surface area contributed by atoms with Crippen molar-refractivity contribution in [2.75, 3.05) is 13.6 Å². The Morgan fingerprint density at radius 2 is 1.82 bits per heavy atom. The highest BCUT2D eigenvalue weighted by atomic mass is 127. The fourth-order valence-electron chi connectivity index (χ4n) is 1.41. The first-order valence-electron chi connectivity index (χ1n) is 6.57. The van der Waals surface area contributed by atoms with E-state index in [-0.39, 0.29) is 24.0 Å². The van der Waals surface area contributed by atoms with E-state index in [1.54, 1.807) is 0 Å². The fourth-order valence-corrected chi connectivity index (χ4v) is 1.41. The van der Waals surface area contributed by atoms with Gasteiger partial charge in [-0.1, -0.05) is 33.6 Å². The molecule has 17 heavy (non-hydrogen) atoms. The van der Waals surface area contributed by atoms with Crippen LogP contribution in [0.4, 0.5) is 0 Å². The standard InChI is InChI=1S/C13H29N3.HI/c1-6-12(4)16-13(14-5)15-10-8-7-9-11(2)3;/h11-12H,6-10H2,1-5H3,(H2,14,15,16);1H. The van der Waals surface area contributed by atoms with E-state index in [2.05, 4.69) is 43.3 Å². The Bertz CT molecular complexity index is 193. The van der Waals surface area contributed by atoms with Crippen LogP contribution < -0.4 is 10.6 Å². The van der Waals surface area contributed by atoms with Crippen LogP contribution in [-0.4, -0.2) is 25.6 Å². The summed E-state index contributed by atoms with van der Waals surface area (Å²) in [7, 11) is 1.83. The van der Waals surface area contributed by atoms with Crippen LogP contribution in [0.15, 0.2) is 4.99 Å². The van der Waals surface area contributed by atoms with E-state index in [1.165, 1.54) is 19.3 Å². The lowest BCUT2D eigenvalue weighted by Crippen LogP contribution is -2.42. The van der Waals surface area contributed by atoms with Crippen molar-refractivity contribution < 1.29 is 0 Å². The van der Waals surface area contributed by atoms with Gasteiger partial charge in [0.15, 0.2) is 5.96 Å². The summed E-state index contributed by atoms with van der Waals surface area (Å²) in [6, 6.07) is 0.488. The monoisotopic (exact) mass is 355 g/mol. The average Bonchev–Trinajstić information content (AvgIpc) is 2.26. The molecule has 2 N–H and O–H groups in total. The molecule has 0 aliphatic heterocycles. The molecule has 0 saturated carbocycles. The molecule has 0 rings (SSSR count). The van der Waals surface area contributed by atoms with Crippen molar-refractivity contribution in [2.45, 2.75) is 59.4 Å². The summed E-state index contributed by atoms with van der Waals surface area (Å²) >= 11 is 0. The molecule has 0 aromatic rings. The number of unbranched alkanes of at least 4 members (excludes halogenated alkanes) is 1. The summed E-state index contributed by atoms with van der Waals surface area (Å²) < 4.78 is 0. The third kappa shape index (κ3) is 12.2. The number of guanidine groups is 1. The Labute approximate surface area is 124 Å². The summed E-state index contributed by atoms with van der Waals surface area (Å²) in [5.41, 5.74) is 0. The molecule has 0 aliphatic carbocycles. The first-order chi connectivity index (χ1) is 7.60. The SMILES string of the molecule is CCC(C)NC(=NC)NCCCCC(C)C.I. The van der Waals surface area contributed by atoms with E-state index in [9.17, 15) is 0 Å². The minimum absolute atomic E-state index is 0. The molecule has 0 spiro atoms. The van der Waals surface area contributed by atoms with Gasteiger partial charge >= 0.3 is 0 Å². The first-order valence-corrected chi connectivity index (χ1v) is 6.57. The highest BCUT2D eigenvalue weighted by Crippen LogP contribution is 2.04. The molecule has 0 bridgehead atoms. The number of halogens is 1. The minimum Gasteiger partial charge on any atom is -0.356 e. The van der Waals surface area contributed by atoms with Gasteiger partial charge in [-0.25, -0.2) is 0 Å². The Kier molecular flexibility index (Phi) is 14.2. The molecule has 1 atom stereocenters. The van der Waals surface area contributed by atoms with Crippen LogP contribution in [0.3, 0.4) is 0 Å². The van der Waals surface area contributed by atoms with Gasteiger partial charge < -0.3 is 10.6 Å². The van der Waals surface area contributed by atoms with Crippen molar-refractivity contribution in [1.29, 1.82) is 0 Å². The number of hydrogen-bond acceptors (Lipinski definition) is 1. The summed E-state index contributed by atoms with van der Waals surface area (Å²) in [6.45, 7) is 9.91. The Morgan fingerprint density at radius 1 is 1.18 bits per heavy atom. The van der Waals surface area contributed by atoms with Gasteiger partial charge in [-0.05, 0) is 25.7 Å². The van der Waals surface area contributed by atoms with Gasteiger partial charge in [0.2, 0.25) is 0 Å². The predicted octanol–water partition coefficient (Wildman–Crippen LogP) is 3.39. The molecule has 0 aliphatic rings. The second-order valence-corrected chi connectivity index (χ2v) is 4.84. The molecular weight excluding hydrogens is 325 g/mol. The van der Waals surface area contributed by atoms with E-state index in [0.29, 0.717) is 6.04 Å². The summed E-state index contributed by atoms with van der Waals surface area (Å²) in [4.78, 5) is 4.20. The number of rotatable bonds is 7. The molecule has 0 amide bonds. The van der Waals surface area contributed by atoms with Crippen LogP contribution in [0.2, 0.25) is 0 Å². The zero-order valence-electron chi connectivity index (χ0n) is 12.0. The molecule has 3 nitrogen and oxygen atoms in total. The van der Waals surface area contributed by atoms with Gasteiger partial charge in [0.05, 0.1) is 0 Å². The second-order valence-electron chi connectivity index (χ2n) is 4.84. The fraction of sp³-hybridized carbons (Fsp3) is 0.923. The van der Waals surface area contributed by atoms with Crippen molar-refractivity contribution in [3.8, 4) is 0 Å². The van der Waals surface area contributed by atoms with E-state index >= 15 is 0 Å². The highest BCUT2D eigenvalue weighted by Gasteiger charge is 2.01. The van der Waals surface area contributed by atoms with Gasteiger partial charge in [-0.2, -0.15) is 0 Å². The normalized spacial score (nSPS) is 13.2. The van der Waals surface area contributed by atoms with Crippen molar-refractivity contribution >= 4 is 29.9 Å². The third-order valence-electron chi connectivity index (χ3n) is 2.72. The Balaban J connectivity index is 0. The summed E-state index contributed by atoms with van der Waals surface area (Å²) in [5.74, 6) is 1.75. The van der Waals surface area contributed by atoms with E-state index in [4.69, 9.17) is 0 Å². The maximum absolute atomic E-state index is 4.20. The lowest BCUT2D eigenvalue weighted by molar-refractivity contribution is 0.533. The predicted molar refractivity (Wildman–Crippen MR) is 88.4 cm³/mol. The van der Waals surface area contributed by atoms with E-state index < -0.39 is 0 Å². The van der Waals surface area contributed by atoms with Gasteiger partial charge in [0, 0.05) is 19.6 Å². The Hall–Kier alpha value is 0. The van der Waals surface area contributed by atoms with Gasteiger partial charge in [-0.15, -0.1) is 24.0 Å².